The zero-order valence-corrected chi connectivity index (χ0v) is 10.3. The number of fused-ring (bicyclic) bond motifs is 1. The smallest absolute Gasteiger partial charge is 0.257 e. The molecule has 0 spiro atoms. The first-order chi connectivity index (χ1) is 9.19. The number of hydrogen-bond donors (Lipinski definition) is 2. The lowest BCUT2D eigenvalue weighted by atomic mass is 10.2. The summed E-state index contributed by atoms with van der Waals surface area (Å²) in [4.78, 5) is 19.9. The molecule has 8 nitrogen and oxygen atoms in total. The predicted octanol–water partition coefficient (Wildman–Crippen LogP) is -0.113. The van der Waals surface area contributed by atoms with Crippen molar-refractivity contribution in [2.45, 2.75) is 13.5 Å². The molecule has 0 saturated carbocycles. The van der Waals surface area contributed by atoms with Crippen LogP contribution in [0.5, 0.6) is 5.75 Å². The van der Waals surface area contributed by atoms with E-state index in [-0.39, 0.29) is 11.9 Å². The van der Waals surface area contributed by atoms with Gasteiger partial charge in [-0.25, -0.2) is 9.67 Å². The Bertz CT molecular complexity index is 651. The molecule has 0 atom stereocenters. The van der Waals surface area contributed by atoms with Gasteiger partial charge in [0.25, 0.3) is 5.91 Å². The topological polar surface area (TPSA) is 108 Å². The van der Waals surface area contributed by atoms with Crippen molar-refractivity contribution in [1.82, 2.24) is 25.1 Å². The molecule has 3 rings (SSSR count). The van der Waals surface area contributed by atoms with Crippen molar-refractivity contribution in [3.63, 3.8) is 0 Å². The van der Waals surface area contributed by atoms with Crippen molar-refractivity contribution in [2.75, 3.05) is 12.3 Å². The number of ether oxygens (including phenoxy) is 1. The number of amides is 1. The fourth-order valence-electron chi connectivity index (χ4n) is 1.95. The molecule has 1 amide bonds. The quantitative estimate of drug-likeness (QED) is 0.797. The molecule has 2 aromatic heterocycles. The Balaban J connectivity index is 2.11. The molecule has 2 aromatic rings. The minimum Gasteiger partial charge on any atom is -0.491 e. The van der Waals surface area contributed by atoms with Crippen LogP contribution in [0.4, 0.5) is 5.95 Å². The second-order valence-corrected chi connectivity index (χ2v) is 3.96. The molecule has 19 heavy (non-hydrogen) atoms. The number of nitrogens with one attached hydrogen (secondary N) is 1. The van der Waals surface area contributed by atoms with Gasteiger partial charge in [0.1, 0.15) is 5.56 Å². The van der Waals surface area contributed by atoms with Gasteiger partial charge in [-0.1, -0.05) is 0 Å². The second kappa shape index (κ2) is 4.23. The predicted molar refractivity (Wildman–Crippen MR) is 65.9 cm³/mol. The number of hydrogen-bond acceptors (Lipinski definition) is 6. The van der Waals surface area contributed by atoms with Crippen molar-refractivity contribution in [3.05, 3.63) is 23.7 Å². The molecule has 1 aliphatic rings. The highest BCUT2D eigenvalue weighted by Gasteiger charge is 2.27. The summed E-state index contributed by atoms with van der Waals surface area (Å²) in [5, 5.41) is 6.81. The summed E-state index contributed by atoms with van der Waals surface area (Å²) in [6, 6.07) is 0. The third kappa shape index (κ3) is 1.86. The first-order valence-electron chi connectivity index (χ1n) is 5.81. The molecule has 0 aromatic carbocycles. The van der Waals surface area contributed by atoms with E-state index in [4.69, 9.17) is 10.5 Å². The van der Waals surface area contributed by atoms with Crippen LogP contribution in [0.3, 0.4) is 0 Å². The largest absolute Gasteiger partial charge is 0.491 e. The van der Waals surface area contributed by atoms with Crippen molar-refractivity contribution >= 4 is 11.9 Å². The fraction of sp³-hybridized carbons (Fsp3) is 0.273. The van der Waals surface area contributed by atoms with Crippen molar-refractivity contribution in [3.8, 4) is 11.6 Å². The average Bonchev–Trinajstić information content (AvgIpc) is 2.97. The summed E-state index contributed by atoms with van der Waals surface area (Å²) in [6.45, 7) is 2.77. The number of aromatic nitrogens is 4. The Labute approximate surface area is 108 Å². The van der Waals surface area contributed by atoms with Crippen molar-refractivity contribution in [2.24, 2.45) is 0 Å². The minimum atomic E-state index is -0.224. The summed E-state index contributed by atoms with van der Waals surface area (Å²) >= 11 is 0. The summed E-state index contributed by atoms with van der Waals surface area (Å²) in [5.41, 5.74) is 6.63. The van der Waals surface area contributed by atoms with Gasteiger partial charge < -0.3 is 15.8 Å². The number of carbonyl (C=O) groups excluding carboxylic acids is 1. The van der Waals surface area contributed by atoms with E-state index < -0.39 is 0 Å². The van der Waals surface area contributed by atoms with E-state index in [2.05, 4.69) is 20.4 Å². The zero-order valence-electron chi connectivity index (χ0n) is 10.3. The van der Waals surface area contributed by atoms with Gasteiger partial charge in [0.05, 0.1) is 31.2 Å². The van der Waals surface area contributed by atoms with Gasteiger partial charge in [0, 0.05) is 0 Å². The van der Waals surface area contributed by atoms with E-state index in [9.17, 15) is 4.79 Å². The normalized spacial score (nSPS) is 13.2. The molecule has 98 valence electrons. The molecular weight excluding hydrogens is 248 g/mol. The summed E-state index contributed by atoms with van der Waals surface area (Å²) in [6.07, 6.45) is 3.21. The highest BCUT2D eigenvalue weighted by Crippen LogP contribution is 2.22. The van der Waals surface area contributed by atoms with Gasteiger partial charge in [0.2, 0.25) is 5.95 Å². The first kappa shape index (κ1) is 11.5. The van der Waals surface area contributed by atoms with Gasteiger partial charge in [-0.05, 0) is 6.92 Å². The van der Waals surface area contributed by atoms with Crippen LogP contribution in [-0.4, -0.2) is 32.3 Å². The third-order valence-corrected chi connectivity index (χ3v) is 2.71. The van der Waals surface area contributed by atoms with Crippen LogP contribution >= 0.6 is 0 Å². The molecular formula is C11H12N6O2. The Hall–Kier alpha value is -2.64. The molecule has 0 bridgehead atoms. The van der Waals surface area contributed by atoms with Crippen LogP contribution in [0.25, 0.3) is 5.82 Å². The van der Waals surface area contributed by atoms with E-state index in [1.165, 1.54) is 4.68 Å². The molecule has 8 heteroatoms. The van der Waals surface area contributed by atoms with E-state index in [1.54, 1.807) is 12.4 Å². The number of carbonyl (C=O) groups is 1. The van der Waals surface area contributed by atoms with Gasteiger partial charge in [-0.15, -0.1) is 0 Å². The molecule has 1 aliphatic heterocycles. The van der Waals surface area contributed by atoms with Crippen LogP contribution in [0.2, 0.25) is 0 Å². The summed E-state index contributed by atoms with van der Waals surface area (Å²) in [5.74, 6) is 0.854. The van der Waals surface area contributed by atoms with E-state index in [0.717, 1.165) is 0 Å². The average molecular weight is 260 g/mol. The molecule has 3 heterocycles. The fourth-order valence-corrected chi connectivity index (χ4v) is 1.95. The zero-order chi connectivity index (χ0) is 13.4. The molecule has 0 aliphatic carbocycles. The van der Waals surface area contributed by atoms with E-state index in [1.807, 2.05) is 6.92 Å². The van der Waals surface area contributed by atoms with Gasteiger partial charge in [-0.2, -0.15) is 10.1 Å². The van der Waals surface area contributed by atoms with Crippen LogP contribution in [0.15, 0.2) is 12.4 Å². The molecule has 3 N–H and O–H groups in total. The van der Waals surface area contributed by atoms with Crippen molar-refractivity contribution in [1.29, 1.82) is 0 Å². The van der Waals surface area contributed by atoms with E-state index >= 15 is 0 Å². The standard InChI is InChI=1S/C11H12N6O2/c1-2-19-6-3-14-17(5-6)9-8-7(4-13-10(8)18)15-11(12)16-9/h3,5H,2,4H2,1H3,(H,13,18)(H2,12,15,16). The number of rotatable bonds is 3. The Kier molecular flexibility index (Phi) is 2.55. The SMILES string of the molecule is CCOc1cnn(-c2nc(N)nc3c2C(=O)NC3)c1. The monoisotopic (exact) mass is 260 g/mol. The Morgan fingerprint density at radius 2 is 2.37 bits per heavy atom. The highest BCUT2D eigenvalue weighted by molar-refractivity contribution is 6.00. The highest BCUT2D eigenvalue weighted by atomic mass is 16.5. The van der Waals surface area contributed by atoms with Gasteiger partial charge in [-0.3, -0.25) is 4.79 Å². The Morgan fingerprint density at radius 1 is 1.53 bits per heavy atom. The number of nitrogens with zero attached hydrogens (tertiary/aromatic N) is 4. The van der Waals surface area contributed by atoms with Gasteiger partial charge in [0.15, 0.2) is 11.6 Å². The number of nitrogen functional groups attached to an aromatic ring is 1. The van der Waals surface area contributed by atoms with Crippen LogP contribution in [-0.2, 0) is 6.54 Å². The molecule has 0 fully saturated rings. The minimum absolute atomic E-state index is 0.110. The number of anilines is 1. The van der Waals surface area contributed by atoms with Crippen LogP contribution < -0.4 is 15.8 Å². The third-order valence-electron chi connectivity index (χ3n) is 2.71. The van der Waals surface area contributed by atoms with Crippen molar-refractivity contribution < 1.29 is 9.53 Å². The molecule has 0 radical (unpaired) electrons. The van der Waals surface area contributed by atoms with E-state index in [0.29, 0.717) is 36.0 Å². The summed E-state index contributed by atoms with van der Waals surface area (Å²) in [7, 11) is 0. The lowest BCUT2D eigenvalue weighted by Gasteiger charge is -2.05. The second-order valence-electron chi connectivity index (χ2n) is 3.96. The Morgan fingerprint density at radius 3 is 3.16 bits per heavy atom. The lowest BCUT2D eigenvalue weighted by Crippen LogP contribution is -2.15. The maximum atomic E-state index is 11.8. The van der Waals surface area contributed by atoms with Crippen LogP contribution in [0.1, 0.15) is 23.0 Å². The first-order valence-corrected chi connectivity index (χ1v) is 5.81. The lowest BCUT2D eigenvalue weighted by molar-refractivity contribution is 0.0965. The van der Waals surface area contributed by atoms with Crippen LogP contribution in [0, 0.1) is 0 Å². The molecule has 0 unspecified atom stereocenters. The summed E-state index contributed by atoms with van der Waals surface area (Å²) < 4.78 is 6.79. The maximum absolute atomic E-state index is 11.8. The molecule has 0 saturated heterocycles. The van der Waals surface area contributed by atoms with Gasteiger partial charge >= 0.3 is 0 Å². The maximum Gasteiger partial charge on any atom is 0.257 e. The number of nitrogens with two attached hydrogens (primary N) is 1.